The van der Waals surface area contributed by atoms with Crippen LogP contribution in [0.25, 0.3) is 0 Å². The third kappa shape index (κ3) is 5.05. The Morgan fingerprint density at radius 1 is 0.946 bits per heavy atom. The molecule has 0 saturated carbocycles. The first-order valence-electron chi connectivity index (χ1n) is 12.3. The zero-order valence-corrected chi connectivity index (χ0v) is 20.8. The van der Waals surface area contributed by atoms with Gasteiger partial charge in [-0.25, -0.2) is 9.18 Å². The van der Waals surface area contributed by atoms with E-state index in [-0.39, 0.29) is 24.1 Å². The SMILES string of the molecule is COc1ccc([C@@H]2CC(=O)C3=C(C2)NC(C)=C(C(=O)OCc2ccccc2)[C@H]3c2ccc(F)cc2)cc1. The van der Waals surface area contributed by atoms with Gasteiger partial charge < -0.3 is 14.8 Å². The van der Waals surface area contributed by atoms with Crippen LogP contribution in [0.4, 0.5) is 4.39 Å². The molecule has 0 unspecified atom stereocenters. The van der Waals surface area contributed by atoms with E-state index in [1.165, 1.54) is 12.1 Å². The van der Waals surface area contributed by atoms with Gasteiger partial charge in [-0.3, -0.25) is 4.79 Å². The van der Waals surface area contributed by atoms with Crippen LogP contribution >= 0.6 is 0 Å². The maximum Gasteiger partial charge on any atom is 0.337 e. The summed E-state index contributed by atoms with van der Waals surface area (Å²) in [5.74, 6) is -0.794. The van der Waals surface area contributed by atoms with Gasteiger partial charge in [-0.15, -0.1) is 0 Å². The summed E-state index contributed by atoms with van der Waals surface area (Å²) in [6.45, 7) is 1.94. The van der Waals surface area contributed by atoms with Crippen molar-refractivity contribution in [3.05, 3.63) is 124 Å². The number of allylic oxidation sites excluding steroid dienone is 3. The zero-order valence-electron chi connectivity index (χ0n) is 20.8. The number of methoxy groups -OCH3 is 1. The Hall–Kier alpha value is -4.19. The maximum absolute atomic E-state index is 13.8. The smallest absolute Gasteiger partial charge is 0.337 e. The second kappa shape index (κ2) is 10.4. The lowest BCUT2D eigenvalue weighted by Crippen LogP contribution is -2.36. The van der Waals surface area contributed by atoms with Crippen molar-refractivity contribution in [2.24, 2.45) is 0 Å². The van der Waals surface area contributed by atoms with Gasteiger partial charge in [0.25, 0.3) is 0 Å². The molecule has 0 aromatic heterocycles. The highest BCUT2D eigenvalue weighted by molar-refractivity contribution is 6.04. The van der Waals surface area contributed by atoms with E-state index in [9.17, 15) is 14.0 Å². The molecule has 0 fully saturated rings. The normalized spacial score (nSPS) is 19.3. The minimum atomic E-state index is -0.635. The first-order chi connectivity index (χ1) is 17.9. The van der Waals surface area contributed by atoms with Crippen LogP contribution in [0, 0.1) is 5.82 Å². The van der Waals surface area contributed by atoms with Crippen LogP contribution in [0.1, 0.15) is 48.3 Å². The van der Waals surface area contributed by atoms with E-state index in [2.05, 4.69) is 5.32 Å². The lowest BCUT2D eigenvalue weighted by atomic mass is 9.71. The number of ketones is 1. The highest BCUT2D eigenvalue weighted by Crippen LogP contribution is 2.45. The molecule has 0 spiro atoms. The molecule has 0 bridgehead atoms. The summed E-state index contributed by atoms with van der Waals surface area (Å²) in [6.07, 6.45) is 0.935. The number of Topliss-reactive ketones (excluding diaryl/α,β-unsaturated/α-hetero) is 1. The number of hydrogen-bond donors (Lipinski definition) is 1. The van der Waals surface area contributed by atoms with E-state index in [0.717, 1.165) is 22.6 Å². The molecule has 3 aromatic rings. The highest BCUT2D eigenvalue weighted by Gasteiger charge is 2.41. The van der Waals surface area contributed by atoms with Gasteiger partial charge in [-0.2, -0.15) is 0 Å². The second-order valence-corrected chi connectivity index (χ2v) is 9.40. The molecule has 6 heteroatoms. The number of carbonyl (C=O) groups excluding carboxylic acids is 2. The number of esters is 1. The number of nitrogens with one attached hydrogen (secondary N) is 1. The fraction of sp³-hybridized carbons (Fsp3) is 0.226. The molecule has 188 valence electrons. The molecule has 1 N–H and O–H groups in total. The molecule has 1 aliphatic heterocycles. The number of benzene rings is 3. The molecule has 0 saturated heterocycles. The minimum absolute atomic E-state index is 0.00194. The van der Waals surface area contributed by atoms with Gasteiger partial charge in [0.15, 0.2) is 5.78 Å². The monoisotopic (exact) mass is 497 g/mol. The average molecular weight is 498 g/mol. The number of hydrogen-bond acceptors (Lipinski definition) is 5. The van der Waals surface area contributed by atoms with Crippen LogP contribution in [0.15, 0.2) is 101 Å². The Morgan fingerprint density at radius 3 is 2.30 bits per heavy atom. The van der Waals surface area contributed by atoms with Crippen LogP contribution in [0.3, 0.4) is 0 Å². The van der Waals surface area contributed by atoms with Crippen molar-refractivity contribution < 1.29 is 23.5 Å². The maximum atomic E-state index is 13.8. The van der Waals surface area contributed by atoms with Gasteiger partial charge in [-0.05, 0) is 60.2 Å². The van der Waals surface area contributed by atoms with Crippen molar-refractivity contribution in [3.63, 3.8) is 0 Å². The van der Waals surface area contributed by atoms with Gasteiger partial charge >= 0.3 is 5.97 Å². The summed E-state index contributed by atoms with van der Waals surface area (Å²) in [5.41, 5.74) is 4.95. The fourth-order valence-electron chi connectivity index (χ4n) is 5.21. The summed E-state index contributed by atoms with van der Waals surface area (Å²) >= 11 is 0. The molecule has 37 heavy (non-hydrogen) atoms. The molecule has 0 amide bonds. The zero-order chi connectivity index (χ0) is 25.9. The molecular weight excluding hydrogens is 469 g/mol. The molecule has 5 nitrogen and oxygen atoms in total. The first-order valence-corrected chi connectivity index (χ1v) is 12.3. The first kappa shape index (κ1) is 24.5. The van der Waals surface area contributed by atoms with Crippen LogP contribution < -0.4 is 10.1 Å². The van der Waals surface area contributed by atoms with Gasteiger partial charge in [0, 0.05) is 29.3 Å². The second-order valence-electron chi connectivity index (χ2n) is 9.40. The largest absolute Gasteiger partial charge is 0.497 e. The van der Waals surface area contributed by atoms with Crippen LogP contribution in [0.5, 0.6) is 5.75 Å². The van der Waals surface area contributed by atoms with E-state index >= 15 is 0 Å². The van der Waals surface area contributed by atoms with Crippen molar-refractivity contribution in [1.29, 1.82) is 0 Å². The Balaban J connectivity index is 1.49. The van der Waals surface area contributed by atoms with Crippen LogP contribution in [-0.2, 0) is 20.9 Å². The summed E-state index contributed by atoms with van der Waals surface area (Å²) in [4.78, 5) is 27.1. The Morgan fingerprint density at radius 2 is 1.62 bits per heavy atom. The van der Waals surface area contributed by atoms with E-state index in [4.69, 9.17) is 9.47 Å². The van der Waals surface area contributed by atoms with Gasteiger partial charge in [-0.1, -0.05) is 54.6 Å². The molecule has 1 aliphatic carbocycles. The van der Waals surface area contributed by atoms with Gasteiger partial charge in [0.05, 0.1) is 12.7 Å². The van der Waals surface area contributed by atoms with Crippen molar-refractivity contribution in [2.75, 3.05) is 7.11 Å². The lowest BCUT2D eigenvalue weighted by Gasteiger charge is -2.36. The van der Waals surface area contributed by atoms with Crippen molar-refractivity contribution in [2.45, 2.75) is 38.2 Å². The van der Waals surface area contributed by atoms with Crippen molar-refractivity contribution in [1.82, 2.24) is 5.32 Å². The standard InChI is InChI=1S/C31H28FNO4/c1-19-28(31(35)37-18-20-6-4-3-5-7-20)29(22-8-12-24(32)13-9-22)30-26(33-19)16-23(17-27(30)34)21-10-14-25(36-2)15-11-21/h3-15,23,29,33H,16-18H2,1-2H3/t23-,29+/m0/s1. The van der Waals surface area contributed by atoms with Crippen LogP contribution in [-0.4, -0.2) is 18.9 Å². The van der Waals surface area contributed by atoms with Crippen molar-refractivity contribution >= 4 is 11.8 Å². The van der Waals surface area contributed by atoms with E-state index in [1.54, 1.807) is 19.2 Å². The quantitative estimate of drug-likeness (QED) is 0.427. The van der Waals surface area contributed by atoms with Gasteiger partial charge in [0.1, 0.15) is 18.2 Å². The number of dihydropyridines is 1. The molecular formula is C31H28FNO4. The third-order valence-corrected chi connectivity index (χ3v) is 7.05. The molecule has 2 aliphatic rings. The van der Waals surface area contributed by atoms with Gasteiger partial charge in [0.2, 0.25) is 0 Å². The summed E-state index contributed by atoms with van der Waals surface area (Å²) < 4.78 is 24.7. The number of halogens is 1. The molecule has 2 atom stereocenters. The Bertz CT molecular complexity index is 1370. The highest BCUT2D eigenvalue weighted by atomic mass is 19.1. The Kier molecular flexibility index (Phi) is 6.91. The number of ether oxygens (including phenoxy) is 2. The third-order valence-electron chi connectivity index (χ3n) is 7.05. The minimum Gasteiger partial charge on any atom is -0.497 e. The predicted octanol–water partition coefficient (Wildman–Crippen LogP) is 5.94. The number of rotatable bonds is 6. The molecule has 0 radical (unpaired) electrons. The topological polar surface area (TPSA) is 64.6 Å². The van der Waals surface area contributed by atoms with E-state index < -0.39 is 11.9 Å². The summed E-state index contributed by atoms with van der Waals surface area (Å²) in [5, 5.41) is 3.35. The van der Waals surface area contributed by atoms with Crippen molar-refractivity contribution in [3.8, 4) is 5.75 Å². The fourth-order valence-corrected chi connectivity index (χ4v) is 5.21. The Labute approximate surface area is 215 Å². The lowest BCUT2D eigenvalue weighted by molar-refractivity contribution is -0.140. The predicted molar refractivity (Wildman–Crippen MR) is 138 cm³/mol. The average Bonchev–Trinajstić information content (AvgIpc) is 2.92. The summed E-state index contributed by atoms with van der Waals surface area (Å²) in [6, 6.07) is 23.2. The summed E-state index contributed by atoms with van der Waals surface area (Å²) in [7, 11) is 1.62. The molecule has 3 aromatic carbocycles. The molecule has 5 rings (SSSR count). The molecule has 1 heterocycles. The van der Waals surface area contributed by atoms with Crippen LogP contribution in [0.2, 0.25) is 0 Å². The van der Waals surface area contributed by atoms with E-state index in [0.29, 0.717) is 35.2 Å². The van der Waals surface area contributed by atoms with E-state index in [1.807, 2.05) is 61.5 Å². The number of carbonyl (C=O) groups is 2.